The number of rotatable bonds is 9. The van der Waals surface area contributed by atoms with E-state index < -0.39 is 0 Å². The molecule has 0 N–H and O–H groups in total. The van der Waals surface area contributed by atoms with Gasteiger partial charge in [0.05, 0.1) is 22.4 Å². The summed E-state index contributed by atoms with van der Waals surface area (Å²) < 4.78 is 2.34. The molecule has 10 aromatic rings. The van der Waals surface area contributed by atoms with Crippen molar-refractivity contribution in [3.63, 3.8) is 0 Å². The molecule has 270 valence electrons. The third kappa shape index (κ3) is 6.27. The zero-order valence-electron chi connectivity index (χ0n) is 31.1. The molecule has 0 fully saturated rings. The summed E-state index contributed by atoms with van der Waals surface area (Å²) in [6.45, 7) is 0. The zero-order valence-corrected chi connectivity index (χ0v) is 31.1. The lowest BCUT2D eigenvalue weighted by molar-refractivity contribution is 1.17. The summed E-state index contributed by atoms with van der Waals surface area (Å²) in [7, 11) is 0. The largest absolute Gasteiger partial charge is 0.311 e. The van der Waals surface area contributed by atoms with Gasteiger partial charge in [-0.3, -0.25) is 9.97 Å². The number of anilines is 6. The molecule has 0 unspecified atom stereocenters. The van der Waals surface area contributed by atoms with E-state index in [0.29, 0.717) is 0 Å². The van der Waals surface area contributed by atoms with Gasteiger partial charge in [-0.15, -0.1) is 0 Å². The van der Waals surface area contributed by atoms with Crippen molar-refractivity contribution >= 4 is 55.9 Å². The second-order valence-electron chi connectivity index (χ2n) is 13.9. The predicted octanol–water partition coefficient (Wildman–Crippen LogP) is 13.8. The molecule has 3 heterocycles. The summed E-state index contributed by atoms with van der Waals surface area (Å²) in [5.74, 6) is 0. The van der Waals surface area contributed by atoms with Crippen molar-refractivity contribution < 1.29 is 0 Å². The molecule has 0 saturated heterocycles. The summed E-state index contributed by atoms with van der Waals surface area (Å²) >= 11 is 0. The molecular formula is C52H37N5. The first-order chi connectivity index (χ1) is 28.3. The number of hydrogen-bond acceptors (Lipinski definition) is 4. The van der Waals surface area contributed by atoms with Gasteiger partial charge in [0.15, 0.2) is 0 Å². The Hall–Kier alpha value is -7.76. The molecule has 0 bridgehead atoms. The van der Waals surface area contributed by atoms with Gasteiger partial charge >= 0.3 is 0 Å². The van der Waals surface area contributed by atoms with Gasteiger partial charge < -0.3 is 14.4 Å². The van der Waals surface area contributed by atoms with Crippen molar-refractivity contribution in [3.8, 4) is 28.2 Å². The molecule has 57 heavy (non-hydrogen) atoms. The summed E-state index contributed by atoms with van der Waals surface area (Å²) in [4.78, 5) is 14.8. The van der Waals surface area contributed by atoms with Gasteiger partial charge in [0.2, 0.25) is 0 Å². The van der Waals surface area contributed by atoms with Crippen LogP contribution < -0.4 is 9.80 Å². The van der Waals surface area contributed by atoms with E-state index in [4.69, 9.17) is 9.97 Å². The molecule has 0 saturated carbocycles. The van der Waals surface area contributed by atoms with Crippen LogP contribution in [-0.4, -0.2) is 14.5 Å². The van der Waals surface area contributed by atoms with Gasteiger partial charge in [0, 0.05) is 74.1 Å². The van der Waals surface area contributed by atoms with Gasteiger partial charge in [0.1, 0.15) is 0 Å². The Labute approximate surface area is 332 Å². The lowest BCUT2D eigenvalue weighted by Crippen LogP contribution is -2.09. The monoisotopic (exact) mass is 731 g/mol. The van der Waals surface area contributed by atoms with E-state index in [1.54, 1.807) is 0 Å². The van der Waals surface area contributed by atoms with Crippen molar-refractivity contribution in [2.75, 3.05) is 9.80 Å². The molecule has 0 atom stereocenters. The summed E-state index contributed by atoms with van der Waals surface area (Å²) in [5, 5.41) is 2.13. The number of para-hydroxylation sites is 5. The normalized spacial score (nSPS) is 11.2. The highest BCUT2D eigenvalue weighted by Gasteiger charge is 2.22. The Kier molecular flexibility index (Phi) is 8.78. The molecular weight excluding hydrogens is 695 g/mol. The Morgan fingerprint density at radius 3 is 0.930 bits per heavy atom. The molecule has 0 radical (unpaired) electrons. The maximum absolute atomic E-state index is 5.10. The number of fused-ring (bicyclic) bond motifs is 3. The number of hydrogen-bond donors (Lipinski definition) is 0. The molecule has 0 aliphatic carbocycles. The van der Waals surface area contributed by atoms with Crippen LogP contribution in [0.2, 0.25) is 0 Å². The molecule has 5 heteroatoms. The van der Waals surface area contributed by atoms with Crippen LogP contribution in [0.15, 0.2) is 225 Å². The maximum atomic E-state index is 5.10. The lowest BCUT2D eigenvalue weighted by atomic mass is 10.0. The van der Waals surface area contributed by atoms with Gasteiger partial charge in [-0.1, -0.05) is 115 Å². The highest BCUT2D eigenvalue weighted by Crippen LogP contribution is 2.43. The van der Waals surface area contributed by atoms with Crippen LogP contribution in [0, 0.1) is 0 Å². The highest BCUT2D eigenvalue weighted by atomic mass is 15.1. The average Bonchev–Trinajstić information content (AvgIpc) is 3.64. The number of aromatic nitrogens is 3. The van der Waals surface area contributed by atoms with E-state index in [9.17, 15) is 0 Å². The van der Waals surface area contributed by atoms with Crippen molar-refractivity contribution in [2.45, 2.75) is 0 Å². The van der Waals surface area contributed by atoms with Crippen molar-refractivity contribution in [2.24, 2.45) is 0 Å². The Bertz CT molecular complexity index is 2650. The molecule has 0 aliphatic rings. The van der Waals surface area contributed by atoms with Crippen LogP contribution in [0.25, 0.3) is 50.0 Å². The zero-order chi connectivity index (χ0) is 38.0. The van der Waals surface area contributed by atoms with Crippen molar-refractivity contribution in [1.82, 2.24) is 14.5 Å². The van der Waals surface area contributed by atoms with Crippen molar-refractivity contribution in [1.29, 1.82) is 0 Å². The Balaban J connectivity index is 1.13. The van der Waals surface area contributed by atoms with E-state index in [2.05, 4.69) is 227 Å². The van der Waals surface area contributed by atoms with Crippen molar-refractivity contribution in [3.05, 3.63) is 225 Å². The minimum atomic E-state index is 0.912. The summed E-state index contributed by atoms with van der Waals surface area (Å²) in [6.07, 6.45) is 3.85. The first-order valence-electron chi connectivity index (χ1n) is 19.2. The van der Waals surface area contributed by atoms with Crippen LogP contribution in [0.3, 0.4) is 0 Å². The minimum Gasteiger partial charge on any atom is -0.311 e. The van der Waals surface area contributed by atoms with Crippen LogP contribution in [0.4, 0.5) is 34.1 Å². The number of benzene rings is 7. The Morgan fingerprint density at radius 1 is 0.298 bits per heavy atom. The van der Waals surface area contributed by atoms with Gasteiger partial charge in [-0.25, -0.2) is 0 Å². The predicted molar refractivity (Wildman–Crippen MR) is 237 cm³/mol. The van der Waals surface area contributed by atoms with Crippen LogP contribution in [0.1, 0.15) is 0 Å². The Morgan fingerprint density at radius 2 is 0.596 bits per heavy atom. The highest BCUT2D eigenvalue weighted by molar-refractivity contribution is 6.19. The fourth-order valence-electron chi connectivity index (χ4n) is 7.93. The fraction of sp³-hybridized carbons (Fsp3) is 0. The molecule has 0 amide bonds. The molecule has 0 aliphatic heterocycles. The quantitative estimate of drug-likeness (QED) is 0.148. The van der Waals surface area contributed by atoms with E-state index >= 15 is 0 Å². The van der Waals surface area contributed by atoms with Crippen LogP contribution in [0.5, 0.6) is 0 Å². The summed E-state index contributed by atoms with van der Waals surface area (Å²) in [5.41, 5.74) is 13.6. The van der Waals surface area contributed by atoms with Crippen LogP contribution in [-0.2, 0) is 0 Å². The summed E-state index contributed by atoms with van der Waals surface area (Å²) in [6, 6.07) is 74.3. The number of nitrogens with zero attached hydrogens (tertiary/aromatic N) is 5. The van der Waals surface area contributed by atoms with E-state index in [1.165, 1.54) is 0 Å². The number of pyridine rings is 2. The third-order valence-corrected chi connectivity index (χ3v) is 10.5. The van der Waals surface area contributed by atoms with Gasteiger partial charge in [-0.2, -0.15) is 0 Å². The van der Waals surface area contributed by atoms with Gasteiger partial charge in [0.25, 0.3) is 0 Å². The third-order valence-electron chi connectivity index (χ3n) is 10.5. The average molecular weight is 732 g/mol. The minimum absolute atomic E-state index is 0.912. The van der Waals surface area contributed by atoms with Gasteiger partial charge in [-0.05, 0) is 97.1 Å². The van der Waals surface area contributed by atoms with E-state index in [1.807, 2.05) is 12.4 Å². The maximum Gasteiger partial charge on any atom is 0.0803 e. The molecule has 3 aromatic heterocycles. The first-order valence-corrected chi connectivity index (χ1v) is 19.2. The standard InChI is InChI=1S/C52H37N5/c1-6-16-40(17-7-1)55(41-18-8-2-9-19-41)45-30-26-38(27-31-45)51-49-47(34-36-53-51)57(44-24-14-5-15-25-44)48-35-37-54-52(50(48)49)39-28-32-46(33-29-39)56(42-20-10-3-11-21-42)43-22-12-4-13-23-43/h1-37H. The SMILES string of the molecule is c1ccc(N(c2ccccc2)c2ccc(-c3nccc4c3c3c(-c5ccc(N(c6ccccc6)c6ccccc6)cc5)nccc3n4-c3ccccc3)cc2)cc1. The second-order valence-corrected chi connectivity index (χ2v) is 13.9. The fourth-order valence-corrected chi connectivity index (χ4v) is 7.93. The second kappa shape index (κ2) is 14.8. The van der Waals surface area contributed by atoms with E-state index in [-0.39, 0.29) is 0 Å². The molecule has 0 spiro atoms. The molecule has 5 nitrogen and oxygen atoms in total. The first kappa shape index (κ1) is 33.8. The smallest absolute Gasteiger partial charge is 0.0803 e. The van der Waals surface area contributed by atoms with E-state index in [0.717, 1.165) is 84.1 Å². The lowest BCUT2D eigenvalue weighted by Gasteiger charge is -2.25. The topological polar surface area (TPSA) is 37.2 Å². The molecule has 10 rings (SSSR count). The molecule has 7 aromatic carbocycles. The van der Waals surface area contributed by atoms with Crippen LogP contribution >= 0.6 is 0 Å².